The van der Waals surface area contributed by atoms with Crippen LogP contribution < -0.4 is 10.6 Å². The average molecular weight is 382 g/mol. The van der Waals surface area contributed by atoms with E-state index in [0.717, 1.165) is 9.26 Å². The summed E-state index contributed by atoms with van der Waals surface area (Å²) >= 11 is 7.64. The molecule has 2 N–H and O–H groups in total. The van der Waals surface area contributed by atoms with Crippen LogP contribution in [0.15, 0.2) is 54.6 Å². The number of nitrogens with one attached hydrogen (secondary N) is 2. The predicted octanol–water partition coefficient (Wildman–Crippen LogP) is 4.34. The molecule has 98 valence electrons. The van der Waals surface area contributed by atoms with Crippen molar-refractivity contribution in [2.75, 3.05) is 5.32 Å². The summed E-state index contributed by atoms with van der Waals surface area (Å²) < 4.78 is 1.15. The van der Waals surface area contributed by atoms with Crippen molar-refractivity contribution in [2.24, 2.45) is 0 Å². The van der Waals surface area contributed by atoms with Gasteiger partial charge in [0.2, 0.25) is 0 Å². The first-order chi connectivity index (χ1) is 9.16. The number of anilines is 1. The number of thiocarbonyl (C=S) groups is 1. The van der Waals surface area contributed by atoms with Gasteiger partial charge in [0.1, 0.15) is 0 Å². The Balaban J connectivity index is 1.97. The van der Waals surface area contributed by atoms with Gasteiger partial charge >= 0.3 is 0 Å². The Labute approximate surface area is 132 Å². The lowest BCUT2D eigenvalue weighted by atomic mass is 10.1. The molecule has 0 aliphatic heterocycles. The molecule has 0 aliphatic rings. The smallest absolute Gasteiger partial charge is 0.171 e. The maximum absolute atomic E-state index is 5.35. The van der Waals surface area contributed by atoms with Crippen LogP contribution in [0.1, 0.15) is 18.5 Å². The summed E-state index contributed by atoms with van der Waals surface area (Å²) in [6, 6.07) is 18.5. The second kappa shape index (κ2) is 6.86. The molecule has 0 heterocycles. The van der Waals surface area contributed by atoms with E-state index in [1.165, 1.54) is 5.56 Å². The molecular weight excluding hydrogens is 367 g/mol. The zero-order valence-electron chi connectivity index (χ0n) is 10.6. The fraction of sp³-hybridized carbons (Fsp3) is 0.133. The van der Waals surface area contributed by atoms with Gasteiger partial charge in [0.05, 0.1) is 11.7 Å². The van der Waals surface area contributed by atoms with Crippen LogP contribution in [0.3, 0.4) is 0 Å². The highest BCUT2D eigenvalue weighted by molar-refractivity contribution is 14.1. The molecule has 0 bridgehead atoms. The van der Waals surface area contributed by atoms with Gasteiger partial charge in [-0.2, -0.15) is 0 Å². The largest absolute Gasteiger partial charge is 0.356 e. The highest BCUT2D eigenvalue weighted by Gasteiger charge is 2.07. The fourth-order valence-corrected chi connectivity index (χ4v) is 2.55. The van der Waals surface area contributed by atoms with E-state index in [4.69, 9.17) is 12.2 Å². The highest BCUT2D eigenvalue weighted by Crippen LogP contribution is 2.17. The Bertz CT molecular complexity index is 557. The van der Waals surface area contributed by atoms with E-state index in [1.807, 2.05) is 42.5 Å². The number of hydrogen-bond donors (Lipinski definition) is 2. The summed E-state index contributed by atoms with van der Waals surface area (Å²) in [5.41, 5.74) is 2.25. The molecular formula is C15H15IN2S. The molecule has 0 aliphatic carbocycles. The molecule has 2 aromatic carbocycles. The third-order valence-electron chi connectivity index (χ3n) is 2.77. The summed E-state index contributed by atoms with van der Waals surface area (Å²) in [5, 5.41) is 7.15. The van der Waals surface area contributed by atoms with Crippen molar-refractivity contribution in [1.82, 2.24) is 5.32 Å². The van der Waals surface area contributed by atoms with Crippen LogP contribution in [0.25, 0.3) is 0 Å². The Hall–Kier alpha value is -1.14. The Morgan fingerprint density at radius 1 is 1.05 bits per heavy atom. The van der Waals surface area contributed by atoms with Crippen LogP contribution in [0, 0.1) is 3.57 Å². The molecule has 0 saturated heterocycles. The Morgan fingerprint density at radius 2 is 1.68 bits per heavy atom. The minimum absolute atomic E-state index is 0.183. The van der Waals surface area contributed by atoms with Crippen LogP contribution in [0.4, 0.5) is 5.69 Å². The van der Waals surface area contributed by atoms with Gasteiger partial charge in [-0.15, -0.1) is 0 Å². The number of hydrogen-bond acceptors (Lipinski definition) is 1. The van der Waals surface area contributed by atoms with Crippen molar-refractivity contribution >= 4 is 45.6 Å². The van der Waals surface area contributed by atoms with E-state index < -0.39 is 0 Å². The maximum atomic E-state index is 5.35. The summed E-state index contributed by atoms with van der Waals surface area (Å²) in [6.45, 7) is 2.10. The molecule has 2 aromatic rings. The lowest BCUT2D eigenvalue weighted by Crippen LogP contribution is -2.31. The molecule has 0 unspecified atom stereocenters. The lowest BCUT2D eigenvalue weighted by molar-refractivity contribution is 0.722. The molecule has 0 amide bonds. The number of para-hydroxylation sites is 1. The summed E-state index contributed by atoms with van der Waals surface area (Å²) in [7, 11) is 0. The van der Waals surface area contributed by atoms with E-state index in [1.54, 1.807) is 0 Å². The van der Waals surface area contributed by atoms with Gasteiger partial charge in [0, 0.05) is 3.57 Å². The van der Waals surface area contributed by atoms with Crippen LogP contribution in [-0.2, 0) is 0 Å². The fourth-order valence-electron chi connectivity index (χ4n) is 1.74. The highest BCUT2D eigenvalue weighted by atomic mass is 127. The molecule has 0 fully saturated rings. The van der Waals surface area contributed by atoms with Crippen molar-refractivity contribution in [3.8, 4) is 0 Å². The third kappa shape index (κ3) is 4.18. The molecule has 0 saturated carbocycles. The first-order valence-electron chi connectivity index (χ1n) is 6.04. The standard InChI is InChI=1S/C15H15IN2S/c1-11(12-7-3-2-4-8-12)17-15(19)18-14-10-6-5-9-13(14)16/h2-11H,1H3,(H2,17,18,19)/t11-/m1/s1. The Morgan fingerprint density at radius 3 is 2.37 bits per heavy atom. The second-order valence-corrected chi connectivity index (χ2v) is 5.78. The van der Waals surface area contributed by atoms with Gasteiger partial charge in [0.25, 0.3) is 0 Å². The minimum Gasteiger partial charge on any atom is -0.356 e. The van der Waals surface area contributed by atoms with E-state index >= 15 is 0 Å². The van der Waals surface area contributed by atoms with Crippen molar-refractivity contribution < 1.29 is 0 Å². The van der Waals surface area contributed by atoms with Gasteiger partial charge in [0.15, 0.2) is 5.11 Å². The monoisotopic (exact) mass is 382 g/mol. The normalized spacial score (nSPS) is 11.7. The topological polar surface area (TPSA) is 24.1 Å². The molecule has 1 atom stereocenters. The molecule has 2 rings (SSSR count). The van der Waals surface area contributed by atoms with E-state index in [-0.39, 0.29) is 6.04 Å². The van der Waals surface area contributed by atoms with Crippen molar-refractivity contribution in [2.45, 2.75) is 13.0 Å². The second-order valence-electron chi connectivity index (χ2n) is 4.21. The quantitative estimate of drug-likeness (QED) is 0.610. The van der Waals surface area contributed by atoms with Crippen molar-refractivity contribution in [3.05, 3.63) is 63.7 Å². The van der Waals surface area contributed by atoms with Crippen molar-refractivity contribution in [3.63, 3.8) is 0 Å². The molecule has 2 nitrogen and oxygen atoms in total. The van der Waals surface area contributed by atoms with E-state index in [2.05, 4.69) is 52.3 Å². The first kappa shape index (κ1) is 14.3. The van der Waals surface area contributed by atoms with Gasteiger partial charge in [-0.25, -0.2) is 0 Å². The number of benzene rings is 2. The summed E-state index contributed by atoms with van der Waals surface area (Å²) in [5.74, 6) is 0. The number of rotatable bonds is 3. The minimum atomic E-state index is 0.183. The van der Waals surface area contributed by atoms with Gasteiger partial charge in [-0.1, -0.05) is 42.5 Å². The SMILES string of the molecule is C[C@@H](NC(=S)Nc1ccccc1I)c1ccccc1. The zero-order chi connectivity index (χ0) is 13.7. The van der Waals surface area contributed by atoms with Gasteiger partial charge in [-0.05, 0) is 59.4 Å². The molecule has 4 heteroatoms. The maximum Gasteiger partial charge on any atom is 0.171 e. The van der Waals surface area contributed by atoms with Crippen LogP contribution in [0.5, 0.6) is 0 Å². The van der Waals surface area contributed by atoms with Gasteiger partial charge in [-0.3, -0.25) is 0 Å². The predicted molar refractivity (Wildman–Crippen MR) is 93.4 cm³/mol. The Kier molecular flexibility index (Phi) is 5.15. The average Bonchev–Trinajstić information content (AvgIpc) is 2.42. The molecule has 0 spiro atoms. The zero-order valence-corrected chi connectivity index (χ0v) is 13.5. The van der Waals surface area contributed by atoms with Crippen molar-refractivity contribution in [1.29, 1.82) is 0 Å². The number of halogens is 1. The summed E-state index contributed by atoms with van der Waals surface area (Å²) in [4.78, 5) is 0. The molecule has 0 radical (unpaired) electrons. The van der Waals surface area contributed by atoms with E-state index in [0.29, 0.717) is 5.11 Å². The molecule has 0 aromatic heterocycles. The third-order valence-corrected chi connectivity index (χ3v) is 3.93. The summed E-state index contributed by atoms with van der Waals surface area (Å²) in [6.07, 6.45) is 0. The first-order valence-corrected chi connectivity index (χ1v) is 7.52. The van der Waals surface area contributed by atoms with Crippen LogP contribution in [-0.4, -0.2) is 5.11 Å². The molecule has 19 heavy (non-hydrogen) atoms. The van der Waals surface area contributed by atoms with Crippen LogP contribution in [0.2, 0.25) is 0 Å². The lowest BCUT2D eigenvalue weighted by Gasteiger charge is -2.17. The van der Waals surface area contributed by atoms with Crippen LogP contribution >= 0.6 is 34.8 Å². The van der Waals surface area contributed by atoms with Gasteiger partial charge < -0.3 is 10.6 Å². The van der Waals surface area contributed by atoms with E-state index in [9.17, 15) is 0 Å².